The molecule has 0 radical (unpaired) electrons. The van der Waals surface area contributed by atoms with Crippen molar-refractivity contribution in [1.82, 2.24) is 5.32 Å². The summed E-state index contributed by atoms with van der Waals surface area (Å²) in [6.45, 7) is 0.787. The molecule has 0 saturated carbocycles. The Bertz CT molecular complexity index is 653. The van der Waals surface area contributed by atoms with Gasteiger partial charge in [-0.15, -0.1) is 23.1 Å². The summed E-state index contributed by atoms with van der Waals surface area (Å²) in [5, 5.41) is 5.70. The topological polar surface area (TPSA) is 41.5 Å². The van der Waals surface area contributed by atoms with Gasteiger partial charge in [0.15, 0.2) is 5.17 Å². The largest absolute Gasteiger partial charge is 0.301 e. The number of amides is 1. The lowest BCUT2D eigenvalue weighted by molar-refractivity contribution is 0.0975. The number of thioether (sulfide) groups is 2. The van der Waals surface area contributed by atoms with E-state index in [9.17, 15) is 4.79 Å². The first-order valence-corrected chi connectivity index (χ1v) is 9.41. The van der Waals surface area contributed by atoms with Gasteiger partial charge in [-0.05, 0) is 23.6 Å². The van der Waals surface area contributed by atoms with Crippen LogP contribution in [0.1, 0.15) is 15.2 Å². The van der Waals surface area contributed by atoms with E-state index in [4.69, 9.17) is 0 Å². The molecule has 3 nitrogen and oxygen atoms in total. The van der Waals surface area contributed by atoms with E-state index in [1.54, 1.807) is 34.9 Å². The lowest BCUT2D eigenvalue weighted by Gasteiger charge is -2.09. The smallest absolute Gasteiger partial charge is 0.258 e. The average molecular weight is 334 g/mol. The molecule has 0 bridgehead atoms. The van der Waals surface area contributed by atoms with Crippen LogP contribution in [0, 0.1) is 0 Å². The first kappa shape index (κ1) is 14.7. The molecule has 108 valence electrons. The van der Waals surface area contributed by atoms with E-state index in [1.807, 2.05) is 24.3 Å². The zero-order chi connectivity index (χ0) is 14.5. The van der Waals surface area contributed by atoms with Crippen molar-refractivity contribution in [3.05, 3.63) is 52.2 Å². The van der Waals surface area contributed by atoms with Gasteiger partial charge in [0, 0.05) is 21.3 Å². The first-order chi connectivity index (χ1) is 10.3. The van der Waals surface area contributed by atoms with Gasteiger partial charge in [-0.2, -0.15) is 0 Å². The van der Waals surface area contributed by atoms with Crippen LogP contribution < -0.4 is 5.32 Å². The van der Waals surface area contributed by atoms with E-state index in [0.717, 1.165) is 28.1 Å². The molecular formula is C15H14N2OS3. The summed E-state index contributed by atoms with van der Waals surface area (Å²) in [5.74, 6) is 1.76. The highest BCUT2D eigenvalue weighted by Crippen LogP contribution is 2.28. The van der Waals surface area contributed by atoms with Gasteiger partial charge < -0.3 is 5.32 Å². The van der Waals surface area contributed by atoms with Gasteiger partial charge in [0.2, 0.25) is 0 Å². The van der Waals surface area contributed by atoms with Crippen LogP contribution in [0.15, 0.2) is 51.7 Å². The molecule has 2 heterocycles. The summed E-state index contributed by atoms with van der Waals surface area (Å²) in [6.07, 6.45) is 0. The van der Waals surface area contributed by atoms with Crippen LogP contribution in [-0.4, -0.2) is 23.4 Å². The monoisotopic (exact) mass is 334 g/mol. The van der Waals surface area contributed by atoms with E-state index < -0.39 is 0 Å². The highest BCUT2D eigenvalue weighted by molar-refractivity contribution is 8.14. The third kappa shape index (κ3) is 3.90. The molecule has 1 aliphatic rings. The second kappa shape index (κ2) is 7.15. The van der Waals surface area contributed by atoms with Crippen molar-refractivity contribution in [2.24, 2.45) is 4.99 Å². The standard InChI is InChI=1S/C15H14N2OS3/c18-14(17-15-16-7-9-20-15)12-5-1-2-6-13(12)21-10-11-4-3-8-19-11/h1-6,8H,7,9-10H2,(H,16,17,18). The molecule has 0 aliphatic carbocycles. The number of hydrogen-bond acceptors (Lipinski definition) is 5. The maximum atomic E-state index is 12.4. The number of aliphatic imine (C=N–C) groups is 1. The Hall–Kier alpha value is -1.24. The number of benzene rings is 1. The quantitative estimate of drug-likeness (QED) is 0.863. The molecule has 0 atom stereocenters. The Morgan fingerprint density at radius 2 is 2.19 bits per heavy atom. The summed E-state index contributed by atoms with van der Waals surface area (Å²) in [4.78, 5) is 18.9. The van der Waals surface area contributed by atoms with Crippen molar-refractivity contribution in [2.45, 2.75) is 10.6 Å². The van der Waals surface area contributed by atoms with Crippen LogP contribution in [0.25, 0.3) is 0 Å². The average Bonchev–Trinajstić information content (AvgIpc) is 3.18. The number of amidine groups is 1. The third-order valence-corrected chi connectivity index (χ3v) is 5.96. The molecule has 1 aromatic carbocycles. The van der Waals surface area contributed by atoms with Crippen LogP contribution in [-0.2, 0) is 5.75 Å². The highest BCUT2D eigenvalue weighted by atomic mass is 32.2. The van der Waals surface area contributed by atoms with Crippen LogP contribution in [0.2, 0.25) is 0 Å². The predicted octanol–water partition coefficient (Wildman–Crippen LogP) is 3.87. The molecule has 1 aliphatic heterocycles. The van der Waals surface area contributed by atoms with E-state index in [0.29, 0.717) is 5.56 Å². The SMILES string of the molecule is O=C(NC1=NCCS1)c1ccccc1SCc1cccs1. The summed E-state index contributed by atoms with van der Waals surface area (Å²) in [7, 11) is 0. The molecule has 1 N–H and O–H groups in total. The summed E-state index contributed by atoms with van der Waals surface area (Å²) >= 11 is 5.03. The van der Waals surface area contributed by atoms with Gasteiger partial charge in [-0.1, -0.05) is 30.0 Å². The molecule has 0 spiro atoms. The number of carbonyl (C=O) groups is 1. The molecule has 0 saturated heterocycles. The van der Waals surface area contributed by atoms with Crippen LogP contribution >= 0.6 is 34.9 Å². The zero-order valence-electron chi connectivity index (χ0n) is 11.2. The summed E-state index contributed by atoms with van der Waals surface area (Å²) < 4.78 is 0. The number of nitrogens with one attached hydrogen (secondary N) is 1. The number of rotatable bonds is 4. The van der Waals surface area contributed by atoms with Crippen molar-refractivity contribution >= 4 is 45.9 Å². The normalized spacial score (nSPS) is 14.0. The summed E-state index contributed by atoms with van der Waals surface area (Å²) in [5.41, 5.74) is 0.717. The van der Waals surface area contributed by atoms with Gasteiger partial charge >= 0.3 is 0 Å². The predicted molar refractivity (Wildman–Crippen MR) is 92.5 cm³/mol. The fourth-order valence-corrected chi connectivity index (χ4v) is 4.45. The molecule has 6 heteroatoms. The molecule has 2 aromatic rings. The lowest BCUT2D eigenvalue weighted by Crippen LogP contribution is -2.27. The van der Waals surface area contributed by atoms with Crippen molar-refractivity contribution in [2.75, 3.05) is 12.3 Å². The minimum absolute atomic E-state index is 0.0718. The Kier molecular flexibility index (Phi) is 5.00. The molecule has 1 amide bonds. The van der Waals surface area contributed by atoms with Gasteiger partial charge in [-0.25, -0.2) is 0 Å². The maximum absolute atomic E-state index is 12.4. The number of thiophene rings is 1. The van der Waals surface area contributed by atoms with E-state index in [-0.39, 0.29) is 5.91 Å². The fourth-order valence-electron chi connectivity index (χ4n) is 1.90. The minimum atomic E-state index is -0.0718. The second-order valence-corrected chi connectivity index (χ2v) is 7.49. The maximum Gasteiger partial charge on any atom is 0.258 e. The third-order valence-electron chi connectivity index (χ3n) is 2.89. The fraction of sp³-hybridized carbons (Fsp3) is 0.200. The van der Waals surface area contributed by atoms with Crippen molar-refractivity contribution in [3.8, 4) is 0 Å². The second-order valence-electron chi connectivity index (χ2n) is 4.35. The number of nitrogens with zero attached hydrogens (tertiary/aromatic N) is 1. The first-order valence-electron chi connectivity index (χ1n) is 6.56. The molecule has 0 fully saturated rings. The highest BCUT2D eigenvalue weighted by Gasteiger charge is 2.15. The van der Waals surface area contributed by atoms with Crippen LogP contribution in [0.5, 0.6) is 0 Å². The molecular weight excluding hydrogens is 320 g/mol. The van der Waals surface area contributed by atoms with Crippen molar-refractivity contribution in [1.29, 1.82) is 0 Å². The number of carbonyl (C=O) groups excluding carboxylic acids is 1. The van der Waals surface area contributed by atoms with Gasteiger partial charge in [0.05, 0.1) is 12.1 Å². The van der Waals surface area contributed by atoms with Gasteiger partial charge in [0.25, 0.3) is 5.91 Å². The molecule has 0 unspecified atom stereocenters. The minimum Gasteiger partial charge on any atom is -0.301 e. The Labute approximate surface area is 136 Å². The van der Waals surface area contributed by atoms with Crippen molar-refractivity contribution < 1.29 is 4.79 Å². The Balaban J connectivity index is 1.70. The number of hydrogen-bond donors (Lipinski definition) is 1. The molecule has 1 aromatic heterocycles. The van der Waals surface area contributed by atoms with Crippen LogP contribution in [0.4, 0.5) is 0 Å². The van der Waals surface area contributed by atoms with Crippen molar-refractivity contribution in [3.63, 3.8) is 0 Å². The van der Waals surface area contributed by atoms with E-state index in [1.165, 1.54) is 4.88 Å². The lowest BCUT2D eigenvalue weighted by atomic mass is 10.2. The van der Waals surface area contributed by atoms with Gasteiger partial charge in [-0.3, -0.25) is 9.79 Å². The van der Waals surface area contributed by atoms with E-state index in [2.05, 4.69) is 27.8 Å². The van der Waals surface area contributed by atoms with Crippen LogP contribution in [0.3, 0.4) is 0 Å². The Morgan fingerprint density at radius 1 is 1.29 bits per heavy atom. The molecule has 21 heavy (non-hydrogen) atoms. The Morgan fingerprint density at radius 3 is 2.95 bits per heavy atom. The van der Waals surface area contributed by atoms with E-state index >= 15 is 0 Å². The molecule has 3 rings (SSSR count). The zero-order valence-corrected chi connectivity index (χ0v) is 13.7. The summed E-state index contributed by atoms with van der Waals surface area (Å²) in [6, 6.07) is 11.9. The van der Waals surface area contributed by atoms with Gasteiger partial charge in [0.1, 0.15) is 0 Å².